The van der Waals surface area contributed by atoms with E-state index in [-0.39, 0.29) is 12.5 Å². The van der Waals surface area contributed by atoms with Crippen LogP contribution in [0.15, 0.2) is 24.3 Å². The summed E-state index contributed by atoms with van der Waals surface area (Å²) in [5.74, 6) is 0.142. The maximum Gasteiger partial charge on any atom is 0.333 e. The molecular weight excluding hydrogens is 226 g/mol. The molecule has 1 aliphatic carbocycles. The minimum absolute atomic E-state index is 0.142. The molecule has 1 unspecified atom stereocenters. The van der Waals surface area contributed by atoms with Crippen LogP contribution in [-0.2, 0) is 20.9 Å². The highest BCUT2D eigenvalue weighted by Gasteiger charge is 2.21. The van der Waals surface area contributed by atoms with Crippen LogP contribution in [0.25, 0.3) is 0 Å². The molecule has 2 rings (SSSR count). The Labute approximate surface area is 95.7 Å². The number of hydrogen-bond donors (Lipinski definition) is 1. The second-order valence-corrected chi connectivity index (χ2v) is 5.29. The predicted octanol–water partition coefficient (Wildman–Crippen LogP) is 1.33. The molecule has 0 aromatic heterocycles. The molecule has 1 aliphatic rings. The Balaban J connectivity index is 2.13. The first-order valence-electron chi connectivity index (χ1n) is 5.31. The van der Waals surface area contributed by atoms with E-state index in [4.69, 9.17) is 5.14 Å². The summed E-state index contributed by atoms with van der Waals surface area (Å²) >= 11 is 0. The monoisotopic (exact) mass is 241 g/mol. The van der Waals surface area contributed by atoms with Crippen molar-refractivity contribution in [1.82, 2.24) is 0 Å². The SMILES string of the molecule is NS(=O)(=O)OCC1CCCc2ccccc21. The highest BCUT2D eigenvalue weighted by molar-refractivity contribution is 7.84. The molecule has 0 bridgehead atoms. The van der Waals surface area contributed by atoms with Crippen LogP contribution < -0.4 is 5.14 Å². The normalized spacial score (nSPS) is 20.4. The fourth-order valence-electron chi connectivity index (χ4n) is 2.20. The number of nitrogens with two attached hydrogens (primary N) is 1. The van der Waals surface area contributed by atoms with Crippen LogP contribution in [0.2, 0.25) is 0 Å². The third-order valence-corrected chi connectivity index (χ3v) is 3.39. The summed E-state index contributed by atoms with van der Waals surface area (Å²) in [6, 6.07) is 8.08. The van der Waals surface area contributed by atoms with Crippen LogP contribution in [0.3, 0.4) is 0 Å². The average molecular weight is 241 g/mol. The van der Waals surface area contributed by atoms with Gasteiger partial charge in [0, 0.05) is 5.92 Å². The van der Waals surface area contributed by atoms with Gasteiger partial charge in [0.2, 0.25) is 0 Å². The van der Waals surface area contributed by atoms with E-state index < -0.39 is 10.3 Å². The quantitative estimate of drug-likeness (QED) is 0.867. The van der Waals surface area contributed by atoms with E-state index in [9.17, 15) is 8.42 Å². The van der Waals surface area contributed by atoms with Crippen LogP contribution in [0.1, 0.15) is 29.9 Å². The highest BCUT2D eigenvalue weighted by atomic mass is 32.2. The zero-order valence-electron chi connectivity index (χ0n) is 8.93. The molecule has 2 N–H and O–H groups in total. The van der Waals surface area contributed by atoms with Crippen LogP contribution in [0, 0.1) is 0 Å². The van der Waals surface area contributed by atoms with Crippen molar-refractivity contribution in [3.63, 3.8) is 0 Å². The summed E-state index contributed by atoms with van der Waals surface area (Å²) in [5.41, 5.74) is 2.48. The minimum atomic E-state index is -3.83. The number of benzene rings is 1. The third-order valence-electron chi connectivity index (χ3n) is 2.93. The summed E-state index contributed by atoms with van der Waals surface area (Å²) in [6.45, 7) is 0.149. The van der Waals surface area contributed by atoms with Crippen molar-refractivity contribution >= 4 is 10.3 Å². The second-order valence-electron chi connectivity index (χ2n) is 4.07. The van der Waals surface area contributed by atoms with Crippen molar-refractivity contribution in [3.05, 3.63) is 35.4 Å². The zero-order chi connectivity index (χ0) is 11.6. The molecule has 1 atom stereocenters. The Bertz CT molecular complexity index is 470. The van der Waals surface area contributed by atoms with E-state index in [1.807, 2.05) is 18.2 Å². The summed E-state index contributed by atoms with van der Waals surface area (Å²) in [4.78, 5) is 0. The van der Waals surface area contributed by atoms with Crippen molar-refractivity contribution in [2.24, 2.45) is 5.14 Å². The number of hydrogen-bond acceptors (Lipinski definition) is 3. The number of rotatable bonds is 3. The molecule has 16 heavy (non-hydrogen) atoms. The first kappa shape index (κ1) is 11.6. The van der Waals surface area contributed by atoms with Crippen molar-refractivity contribution in [1.29, 1.82) is 0 Å². The van der Waals surface area contributed by atoms with Gasteiger partial charge < -0.3 is 0 Å². The molecular formula is C11H15NO3S. The van der Waals surface area contributed by atoms with Crippen molar-refractivity contribution in [3.8, 4) is 0 Å². The number of aryl methyl sites for hydroxylation is 1. The van der Waals surface area contributed by atoms with Crippen LogP contribution in [0.5, 0.6) is 0 Å². The standard InChI is InChI=1S/C11H15NO3S/c12-16(13,14)15-8-10-6-3-5-9-4-1-2-7-11(9)10/h1-2,4,7,10H,3,5-6,8H2,(H2,12,13,14). The largest absolute Gasteiger partial charge is 0.333 e. The predicted molar refractivity (Wildman–Crippen MR) is 61.2 cm³/mol. The minimum Gasteiger partial charge on any atom is -0.258 e. The van der Waals surface area contributed by atoms with Gasteiger partial charge in [-0.2, -0.15) is 8.42 Å². The molecule has 0 saturated heterocycles. The van der Waals surface area contributed by atoms with Crippen molar-refractivity contribution in [2.75, 3.05) is 6.61 Å². The Morgan fingerprint density at radius 1 is 1.38 bits per heavy atom. The van der Waals surface area contributed by atoms with E-state index in [0.717, 1.165) is 19.3 Å². The molecule has 5 heteroatoms. The Morgan fingerprint density at radius 3 is 2.88 bits per heavy atom. The Kier molecular flexibility index (Phi) is 3.28. The third kappa shape index (κ3) is 2.81. The van der Waals surface area contributed by atoms with Crippen LogP contribution in [-0.4, -0.2) is 15.0 Å². The molecule has 4 nitrogen and oxygen atoms in total. The molecule has 0 heterocycles. The van der Waals surface area contributed by atoms with E-state index in [0.29, 0.717) is 0 Å². The van der Waals surface area contributed by atoms with Crippen LogP contribution >= 0.6 is 0 Å². The molecule has 0 amide bonds. The Hall–Kier alpha value is -0.910. The molecule has 0 aliphatic heterocycles. The molecule has 88 valence electrons. The van der Waals surface area contributed by atoms with Gasteiger partial charge >= 0.3 is 10.3 Å². The van der Waals surface area contributed by atoms with Gasteiger partial charge in [0.1, 0.15) is 0 Å². The first-order chi connectivity index (χ1) is 7.56. The molecule has 1 aromatic carbocycles. The topological polar surface area (TPSA) is 69.4 Å². The van der Waals surface area contributed by atoms with E-state index in [2.05, 4.69) is 10.2 Å². The lowest BCUT2D eigenvalue weighted by Gasteiger charge is -2.24. The molecule has 0 radical (unpaired) electrons. The second kappa shape index (κ2) is 4.53. The van der Waals surface area contributed by atoms with E-state index >= 15 is 0 Å². The van der Waals surface area contributed by atoms with E-state index in [1.54, 1.807) is 0 Å². The van der Waals surface area contributed by atoms with Crippen molar-refractivity contribution < 1.29 is 12.6 Å². The van der Waals surface area contributed by atoms with Gasteiger partial charge in [-0.15, -0.1) is 0 Å². The zero-order valence-corrected chi connectivity index (χ0v) is 9.74. The van der Waals surface area contributed by atoms with E-state index in [1.165, 1.54) is 11.1 Å². The lowest BCUT2D eigenvalue weighted by molar-refractivity contribution is 0.279. The summed E-state index contributed by atoms with van der Waals surface area (Å²) in [5, 5.41) is 4.82. The van der Waals surface area contributed by atoms with Gasteiger partial charge in [0.15, 0.2) is 0 Å². The molecule has 0 spiro atoms. The summed E-state index contributed by atoms with van der Waals surface area (Å²) in [6.07, 6.45) is 3.07. The fraction of sp³-hybridized carbons (Fsp3) is 0.455. The molecule has 0 fully saturated rings. The van der Waals surface area contributed by atoms with Gasteiger partial charge in [-0.3, -0.25) is 4.18 Å². The van der Waals surface area contributed by atoms with Gasteiger partial charge in [0.25, 0.3) is 0 Å². The average Bonchev–Trinajstić information content (AvgIpc) is 2.25. The lowest BCUT2D eigenvalue weighted by atomic mass is 9.83. The van der Waals surface area contributed by atoms with Gasteiger partial charge in [-0.25, -0.2) is 5.14 Å². The molecule has 0 saturated carbocycles. The maximum absolute atomic E-state index is 10.7. The lowest BCUT2D eigenvalue weighted by Crippen LogP contribution is -2.21. The number of fused-ring (bicyclic) bond motifs is 1. The highest BCUT2D eigenvalue weighted by Crippen LogP contribution is 2.31. The first-order valence-corrected chi connectivity index (χ1v) is 6.78. The summed E-state index contributed by atoms with van der Waals surface area (Å²) in [7, 11) is -3.83. The van der Waals surface area contributed by atoms with Gasteiger partial charge in [0.05, 0.1) is 6.61 Å². The van der Waals surface area contributed by atoms with Crippen molar-refractivity contribution in [2.45, 2.75) is 25.2 Å². The molecule has 1 aromatic rings. The smallest absolute Gasteiger partial charge is 0.258 e. The fourth-order valence-corrected chi connectivity index (χ4v) is 2.56. The van der Waals surface area contributed by atoms with Gasteiger partial charge in [-0.05, 0) is 30.4 Å². The Morgan fingerprint density at radius 2 is 2.12 bits per heavy atom. The summed E-state index contributed by atoms with van der Waals surface area (Å²) < 4.78 is 26.2. The van der Waals surface area contributed by atoms with Crippen LogP contribution in [0.4, 0.5) is 0 Å². The maximum atomic E-state index is 10.7. The van der Waals surface area contributed by atoms with Gasteiger partial charge in [-0.1, -0.05) is 24.3 Å².